The van der Waals surface area contributed by atoms with Crippen molar-refractivity contribution >= 4 is 11.9 Å². The Labute approximate surface area is 175 Å². The van der Waals surface area contributed by atoms with Crippen LogP contribution in [-0.2, 0) is 14.3 Å². The molecule has 3 aliphatic rings. The summed E-state index contributed by atoms with van der Waals surface area (Å²) in [4.78, 5) is 24.1. The smallest absolute Gasteiger partial charge is 0.333 e. The van der Waals surface area contributed by atoms with Gasteiger partial charge in [0.2, 0.25) is 0 Å². The molecule has 0 aliphatic heterocycles. The number of allylic oxidation sites excluding steroid dienone is 2. The van der Waals surface area contributed by atoms with Gasteiger partial charge in [-0.3, -0.25) is 4.79 Å². The predicted octanol–water partition coefficient (Wildman–Crippen LogP) is 5.69. The van der Waals surface area contributed by atoms with Crippen molar-refractivity contribution in [1.82, 2.24) is 0 Å². The van der Waals surface area contributed by atoms with Gasteiger partial charge in [-0.05, 0) is 76.5 Å². The second-order valence-electron chi connectivity index (χ2n) is 9.94. The van der Waals surface area contributed by atoms with Crippen molar-refractivity contribution in [2.24, 2.45) is 28.6 Å². The molecule has 6 atom stereocenters. The molecule has 0 aromatic rings. The Bertz CT molecular complexity index is 763. The van der Waals surface area contributed by atoms with Crippen LogP contribution in [0.3, 0.4) is 0 Å². The van der Waals surface area contributed by atoms with Crippen LogP contribution in [0.15, 0.2) is 36.0 Å². The van der Waals surface area contributed by atoms with Crippen molar-refractivity contribution in [2.75, 3.05) is 0 Å². The molecule has 4 nitrogen and oxygen atoms in total. The molecule has 6 unspecified atom stereocenters. The number of carbonyl (C=O) groups excluding carboxylic acids is 1. The van der Waals surface area contributed by atoms with E-state index in [0.29, 0.717) is 23.8 Å². The van der Waals surface area contributed by atoms with E-state index in [1.54, 1.807) is 13.0 Å². The molecule has 1 spiro atoms. The summed E-state index contributed by atoms with van der Waals surface area (Å²) in [5.41, 5.74) is 2.71. The molecule has 3 rings (SSSR count). The number of carbonyl (C=O) groups is 2. The first-order chi connectivity index (χ1) is 13.6. The maximum Gasteiger partial charge on any atom is 0.333 e. The number of hydrogen-bond donors (Lipinski definition) is 1. The van der Waals surface area contributed by atoms with Crippen LogP contribution < -0.4 is 0 Å². The molecule has 0 saturated heterocycles. The van der Waals surface area contributed by atoms with Crippen LogP contribution in [-0.4, -0.2) is 23.1 Å². The Morgan fingerprint density at radius 2 is 1.97 bits per heavy atom. The molecule has 3 fully saturated rings. The third-order valence-electron chi connectivity index (χ3n) is 8.42. The number of carboxylic acids is 1. The predicted molar refractivity (Wildman–Crippen MR) is 114 cm³/mol. The Balaban J connectivity index is 2.01. The summed E-state index contributed by atoms with van der Waals surface area (Å²) in [7, 11) is 0. The summed E-state index contributed by atoms with van der Waals surface area (Å²) < 4.78 is 6.17. The van der Waals surface area contributed by atoms with Gasteiger partial charge in [-0.15, -0.1) is 0 Å². The van der Waals surface area contributed by atoms with Crippen molar-refractivity contribution in [3.05, 3.63) is 36.0 Å². The average molecular weight is 401 g/mol. The van der Waals surface area contributed by atoms with Crippen LogP contribution in [0, 0.1) is 28.6 Å². The third-order valence-corrected chi connectivity index (χ3v) is 8.42. The van der Waals surface area contributed by atoms with Gasteiger partial charge in [0.1, 0.15) is 6.10 Å². The summed E-state index contributed by atoms with van der Waals surface area (Å²) in [6.07, 6.45) is 7.30. The number of esters is 1. The van der Waals surface area contributed by atoms with Gasteiger partial charge in [0.15, 0.2) is 0 Å². The molecule has 1 N–H and O–H groups in total. The highest BCUT2D eigenvalue weighted by Crippen LogP contribution is 2.69. The van der Waals surface area contributed by atoms with Gasteiger partial charge in [-0.1, -0.05) is 37.3 Å². The lowest BCUT2D eigenvalue weighted by atomic mass is 9.45. The zero-order valence-electron chi connectivity index (χ0n) is 18.4. The van der Waals surface area contributed by atoms with Crippen molar-refractivity contribution < 1.29 is 19.4 Å². The summed E-state index contributed by atoms with van der Waals surface area (Å²) in [5.74, 6) is -0.139. The molecule has 0 radical (unpaired) electrons. The maximum absolute atomic E-state index is 12.7. The minimum Gasteiger partial charge on any atom is -0.481 e. The first kappa shape index (κ1) is 21.9. The highest BCUT2D eigenvalue weighted by Gasteiger charge is 2.66. The highest BCUT2D eigenvalue weighted by atomic mass is 16.5. The topological polar surface area (TPSA) is 63.6 Å². The Morgan fingerprint density at radius 1 is 1.28 bits per heavy atom. The van der Waals surface area contributed by atoms with Gasteiger partial charge >= 0.3 is 11.9 Å². The molecule has 0 amide bonds. The first-order valence-electron chi connectivity index (χ1n) is 11.0. The van der Waals surface area contributed by atoms with E-state index in [9.17, 15) is 14.7 Å². The Hall–Kier alpha value is -1.84. The van der Waals surface area contributed by atoms with E-state index in [4.69, 9.17) is 4.74 Å². The Morgan fingerprint density at radius 3 is 2.55 bits per heavy atom. The second kappa shape index (κ2) is 7.77. The maximum atomic E-state index is 12.7. The van der Waals surface area contributed by atoms with Gasteiger partial charge in [0.25, 0.3) is 0 Å². The molecule has 2 bridgehead atoms. The highest BCUT2D eigenvalue weighted by molar-refractivity contribution is 5.87. The van der Waals surface area contributed by atoms with E-state index in [1.807, 2.05) is 6.92 Å². The number of aliphatic carboxylic acids is 1. The molecule has 0 aromatic carbocycles. The zero-order valence-corrected chi connectivity index (χ0v) is 18.4. The first-order valence-corrected chi connectivity index (χ1v) is 11.0. The molecular formula is C25H36O4. The fourth-order valence-corrected chi connectivity index (χ4v) is 7.02. The van der Waals surface area contributed by atoms with Gasteiger partial charge in [0.05, 0.1) is 0 Å². The van der Waals surface area contributed by atoms with Crippen LogP contribution in [0.4, 0.5) is 0 Å². The molecule has 0 aromatic heterocycles. The summed E-state index contributed by atoms with van der Waals surface area (Å²) >= 11 is 0. The van der Waals surface area contributed by atoms with Crippen molar-refractivity contribution in [2.45, 2.75) is 78.7 Å². The van der Waals surface area contributed by atoms with Crippen molar-refractivity contribution in [3.8, 4) is 0 Å². The van der Waals surface area contributed by atoms with E-state index in [0.717, 1.165) is 37.7 Å². The monoisotopic (exact) mass is 400 g/mol. The number of carboxylic acid groups (broad SMARTS) is 1. The summed E-state index contributed by atoms with van der Waals surface area (Å²) in [6.45, 7) is 16.6. The fraction of sp³-hybridized carbons (Fsp3) is 0.680. The van der Waals surface area contributed by atoms with Gasteiger partial charge in [-0.2, -0.15) is 0 Å². The van der Waals surface area contributed by atoms with Crippen LogP contribution in [0.25, 0.3) is 0 Å². The van der Waals surface area contributed by atoms with Crippen LogP contribution in [0.1, 0.15) is 72.6 Å². The lowest BCUT2D eigenvalue weighted by molar-refractivity contribution is -0.179. The van der Waals surface area contributed by atoms with Gasteiger partial charge < -0.3 is 9.84 Å². The minimum absolute atomic E-state index is 0.122. The molecular weight excluding hydrogens is 364 g/mol. The lowest BCUT2D eigenvalue weighted by Crippen LogP contribution is -2.57. The van der Waals surface area contributed by atoms with Crippen molar-refractivity contribution in [1.29, 1.82) is 0 Å². The van der Waals surface area contributed by atoms with E-state index < -0.39 is 5.97 Å². The average Bonchev–Trinajstić information content (AvgIpc) is 2.80. The van der Waals surface area contributed by atoms with E-state index >= 15 is 0 Å². The molecule has 160 valence electrons. The van der Waals surface area contributed by atoms with Crippen LogP contribution in [0.2, 0.25) is 0 Å². The Kier molecular flexibility index (Phi) is 5.86. The van der Waals surface area contributed by atoms with E-state index in [-0.39, 0.29) is 35.2 Å². The van der Waals surface area contributed by atoms with E-state index in [2.05, 4.69) is 27.0 Å². The van der Waals surface area contributed by atoms with Crippen molar-refractivity contribution in [3.63, 3.8) is 0 Å². The number of hydrogen-bond acceptors (Lipinski definition) is 3. The second-order valence-corrected chi connectivity index (χ2v) is 9.94. The summed E-state index contributed by atoms with van der Waals surface area (Å²) in [6, 6.07) is 0. The number of ether oxygens (including phenoxy) is 1. The lowest BCUT2D eigenvalue weighted by Gasteiger charge is -2.60. The van der Waals surface area contributed by atoms with Gasteiger partial charge in [-0.25, -0.2) is 4.79 Å². The quantitative estimate of drug-likeness (QED) is 0.353. The summed E-state index contributed by atoms with van der Waals surface area (Å²) in [5, 5.41) is 9.40. The van der Waals surface area contributed by atoms with Crippen LogP contribution in [0.5, 0.6) is 0 Å². The standard InChI is InChI=1S/C25H36O4/c1-7-16(4)23(28)29-22-18-8-9-20-24(6,12-11-21(26)27)19(15(2)3)10-13-25(20,22)14-17(18)5/h7,18-20,22H,2,5,8-14H2,1,3-4,6H3,(H,26,27). The number of rotatable bonds is 6. The molecule has 4 heteroatoms. The molecule has 0 heterocycles. The zero-order chi connectivity index (χ0) is 21.6. The van der Waals surface area contributed by atoms with Gasteiger partial charge in [0, 0.05) is 23.3 Å². The molecule has 3 aliphatic carbocycles. The van der Waals surface area contributed by atoms with Crippen LogP contribution >= 0.6 is 0 Å². The molecule has 29 heavy (non-hydrogen) atoms. The molecule has 3 saturated carbocycles. The largest absolute Gasteiger partial charge is 0.481 e. The SMILES string of the molecule is C=C1CC23CCC(C(=C)C)C(C)(CCC(=O)O)C2CCC1C3OC(=O)C(C)=CC. The number of fused-ring (bicyclic) bond motifs is 1. The fourth-order valence-electron chi connectivity index (χ4n) is 7.02. The normalized spacial score (nSPS) is 39.0. The van der Waals surface area contributed by atoms with E-state index in [1.165, 1.54) is 5.57 Å². The minimum atomic E-state index is -0.748. The third kappa shape index (κ3) is 3.49.